The first-order valence-corrected chi connectivity index (χ1v) is 9.24. The van der Waals surface area contributed by atoms with Crippen molar-refractivity contribution >= 4 is 23.5 Å². The summed E-state index contributed by atoms with van der Waals surface area (Å²) in [5.74, 6) is -0.224. The van der Waals surface area contributed by atoms with Crippen LogP contribution >= 0.6 is 11.6 Å². The van der Waals surface area contributed by atoms with Gasteiger partial charge in [0.15, 0.2) is 0 Å². The molecule has 2 bridgehead atoms. The number of allylic oxidation sites excluding steroid dienone is 2. The van der Waals surface area contributed by atoms with Crippen LogP contribution in [0.15, 0.2) is 36.4 Å². The third kappa shape index (κ3) is 2.86. The van der Waals surface area contributed by atoms with E-state index in [4.69, 9.17) is 21.1 Å². The van der Waals surface area contributed by atoms with Crippen LogP contribution in [-0.2, 0) is 25.7 Å². The van der Waals surface area contributed by atoms with Crippen molar-refractivity contribution in [3.05, 3.63) is 47.0 Å². The molecule has 25 heavy (non-hydrogen) atoms. The van der Waals surface area contributed by atoms with Gasteiger partial charge in [-0.25, -0.2) is 0 Å². The highest BCUT2D eigenvalue weighted by Gasteiger charge is 2.63. The molecule has 5 heteroatoms. The predicted octanol–water partition coefficient (Wildman–Crippen LogP) is 3.63. The molecular formula is C20H21ClO4. The molecule has 0 radical (unpaired) electrons. The number of carbonyl (C=O) groups is 2. The molecule has 0 unspecified atom stereocenters. The number of ether oxygens (including phenoxy) is 2. The van der Waals surface area contributed by atoms with Crippen molar-refractivity contribution in [1.82, 2.24) is 0 Å². The van der Waals surface area contributed by atoms with Gasteiger partial charge < -0.3 is 9.47 Å². The average molecular weight is 361 g/mol. The summed E-state index contributed by atoms with van der Waals surface area (Å²) in [6, 6.07) is 7.30. The fourth-order valence-corrected chi connectivity index (χ4v) is 4.81. The summed E-state index contributed by atoms with van der Waals surface area (Å²) in [6.45, 7) is 2.24. The molecule has 0 saturated heterocycles. The molecule has 4 nitrogen and oxygen atoms in total. The first-order chi connectivity index (χ1) is 12.1. The monoisotopic (exact) mass is 360 g/mol. The summed E-state index contributed by atoms with van der Waals surface area (Å²) in [7, 11) is 0. The Bertz CT molecular complexity index is 728. The second-order valence-electron chi connectivity index (χ2n) is 7.11. The van der Waals surface area contributed by atoms with Crippen molar-refractivity contribution in [1.29, 1.82) is 0 Å². The minimum atomic E-state index is -0.444. The van der Waals surface area contributed by atoms with Crippen LogP contribution in [0.4, 0.5) is 0 Å². The fourth-order valence-electron chi connectivity index (χ4n) is 4.62. The highest BCUT2D eigenvalue weighted by atomic mass is 35.5. The summed E-state index contributed by atoms with van der Waals surface area (Å²) in [5.41, 5.74) is 0.769. The SMILES string of the molecule is CCOC(=O)[C@@H]1[C@H]2C=C[C@@H]([C@@H]3C[C@H]23)[C@H]1C(=O)OCc1ccccc1Cl. The maximum absolute atomic E-state index is 12.8. The van der Waals surface area contributed by atoms with Crippen molar-refractivity contribution in [3.63, 3.8) is 0 Å². The van der Waals surface area contributed by atoms with Crippen molar-refractivity contribution in [2.45, 2.75) is 20.0 Å². The third-order valence-corrected chi connectivity index (χ3v) is 6.18. The second-order valence-corrected chi connectivity index (χ2v) is 7.51. The minimum Gasteiger partial charge on any atom is -0.466 e. The van der Waals surface area contributed by atoms with Crippen LogP contribution in [0.1, 0.15) is 18.9 Å². The van der Waals surface area contributed by atoms with Crippen molar-refractivity contribution < 1.29 is 19.1 Å². The van der Waals surface area contributed by atoms with Gasteiger partial charge in [-0.05, 0) is 43.1 Å². The standard InChI is InChI=1S/C20H21ClO4/c1-2-24-19(22)17-12-7-8-13(15-9-14(12)15)18(17)20(23)25-10-11-5-3-4-6-16(11)21/h3-8,12-15,17-18H,2,9-10H2,1H3/t12-,13-,14+,15-,17+,18+/m0/s1. The normalized spacial score (nSPS) is 34.3. The van der Waals surface area contributed by atoms with E-state index in [0.29, 0.717) is 23.5 Å². The van der Waals surface area contributed by atoms with Gasteiger partial charge in [-0.2, -0.15) is 0 Å². The zero-order valence-corrected chi connectivity index (χ0v) is 14.8. The predicted molar refractivity (Wildman–Crippen MR) is 92.6 cm³/mol. The van der Waals surface area contributed by atoms with Gasteiger partial charge in [-0.3, -0.25) is 9.59 Å². The van der Waals surface area contributed by atoms with Crippen molar-refractivity contribution in [3.8, 4) is 0 Å². The third-order valence-electron chi connectivity index (χ3n) is 5.81. The topological polar surface area (TPSA) is 52.6 Å². The molecule has 2 fully saturated rings. The van der Waals surface area contributed by atoms with Crippen LogP contribution < -0.4 is 0 Å². The Labute approximate surface area is 152 Å². The second kappa shape index (κ2) is 6.49. The number of esters is 2. The van der Waals surface area contributed by atoms with Gasteiger partial charge in [0.1, 0.15) is 6.61 Å². The summed E-state index contributed by atoms with van der Waals surface area (Å²) in [6.07, 6.45) is 5.31. The van der Waals surface area contributed by atoms with E-state index in [1.807, 2.05) is 18.2 Å². The maximum Gasteiger partial charge on any atom is 0.310 e. The van der Waals surface area contributed by atoms with Crippen LogP contribution in [0.25, 0.3) is 0 Å². The molecule has 0 aliphatic heterocycles. The first-order valence-electron chi connectivity index (χ1n) is 8.86. The molecule has 0 aromatic heterocycles. The van der Waals surface area contributed by atoms with Crippen molar-refractivity contribution in [2.75, 3.05) is 6.61 Å². The number of fused-ring (bicyclic) bond motifs is 1. The molecular weight excluding hydrogens is 340 g/mol. The molecule has 4 aliphatic rings. The summed E-state index contributed by atoms with van der Waals surface area (Å²) < 4.78 is 10.8. The van der Waals surface area contributed by atoms with E-state index in [2.05, 4.69) is 12.2 Å². The average Bonchev–Trinajstić information content (AvgIpc) is 3.43. The van der Waals surface area contributed by atoms with E-state index in [0.717, 1.165) is 12.0 Å². The van der Waals surface area contributed by atoms with Crippen LogP contribution in [0.2, 0.25) is 5.02 Å². The van der Waals surface area contributed by atoms with Gasteiger partial charge in [-0.15, -0.1) is 0 Å². The smallest absolute Gasteiger partial charge is 0.310 e. The zero-order chi connectivity index (χ0) is 17.6. The lowest BCUT2D eigenvalue weighted by Gasteiger charge is -2.41. The minimum absolute atomic E-state index is 0.0863. The molecule has 6 atom stereocenters. The van der Waals surface area contributed by atoms with E-state index in [-0.39, 0.29) is 30.4 Å². The molecule has 0 amide bonds. The molecule has 1 aromatic rings. The Hall–Kier alpha value is -1.81. The molecule has 1 aromatic carbocycles. The molecule has 4 aliphatic carbocycles. The van der Waals surface area contributed by atoms with Gasteiger partial charge >= 0.3 is 11.9 Å². The van der Waals surface area contributed by atoms with E-state index in [1.165, 1.54) is 0 Å². The van der Waals surface area contributed by atoms with Gasteiger partial charge in [-0.1, -0.05) is 42.0 Å². The van der Waals surface area contributed by atoms with E-state index < -0.39 is 11.8 Å². The van der Waals surface area contributed by atoms with Gasteiger partial charge in [0, 0.05) is 10.6 Å². The fraction of sp³-hybridized carbons (Fsp3) is 0.500. The maximum atomic E-state index is 12.8. The molecule has 0 spiro atoms. The largest absolute Gasteiger partial charge is 0.466 e. The Kier molecular flexibility index (Phi) is 4.32. The number of carbonyl (C=O) groups excluding carboxylic acids is 2. The summed E-state index contributed by atoms with van der Waals surface area (Å²) in [4.78, 5) is 25.4. The molecule has 0 N–H and O–H groups in total. The Morgan fingerprint density at radius 3 is 2.24 bits per heavy atom. The number of hydrogen-bond donors (Lipinski definition) is 0. The van der Waals surface area contributed by atoms with Crippen LogP contribution in [-0.4, -0.2) is 18.5 Å². The zero-order valence-electron chi connectivity index (χ0n) is 14.1. The van der Waals surface area contributed by atoms with E-state index in [9.17, 15) is 9.59 Å². The Morgan fingerprint density at radius 2 is 1.64 bits per heavy atom. The number of rotatable bonds is 5. The summed E-state index contributed by atoms with van der Waals surface area (Å²) >= 11 is 6.13. The number of benzene rings is 1. The lowest BCUT2D eigenvalue weighted by molar-refractivity contribution is -0.168. The van der Waals surface area contributed by atoms with E-state index >= 15 is 0 Å². The molecule has 2 saturated carbocycles. The van der Waals surface area contributed by atoms with Crippen LogP contribution in [0.5, 0.6) is 0 Å². The lowest BCUT2D eigenvalue weighted by Crippen LogP contribution is -2.47. The van der Waals surface area contributed by atoms with Gasteiger partial charge in [0.25, 0.3) is 0 Å². The van der Waals surface area contributed by atoms with Crippen LogP contribution in [0.3, 0.4) is 0 Å². The molecule has 5 rings (SSSR count). The Balaban J connectivity index is 1.52. The molecule has 132 valence electrons. The van der Waals surface area contributed by atoms with Gasteiger partial charge in [0.05, 0.1) is 18.4 Å². The number of halogens is 1. The highest BCUT2D eigenvalue weighted by molar-refractivity contribution is 6.31. The highest BCUT2D eigenvalue weighted by Crippen LogP contribution is 2.63. The lowest BCUT2D eigenvalue weighted by atomic mass is 9.62. The summed E-state index contributed by atoms with van der Waals surface area (Å²) in [5, 5.41) is 0.574. The number of hydrogen-bond acceptors (Lipinski definition) is 4. The molecule has 0 heterocycles. The first kappa shape index (κ1) is 16.6. The van der Waals surface area contributed by atoms with Crippen molar-refractivity contribution in [2.24, 2.45) is 35.5 Å². The Morgan fingerprint density at radius 1 is 1.04 bits per heavy atom. The van der Waals surface area contributed by atoms with Gasteiger partial charge in [0.2, 0.25) is 0 Å². The quantitative estimate of drug-likeness (QED) is 0.594. The van der Waals surface area contributed by atoms with Crippen LogP contribution in [0, 0.1) is 35.5 Å². The van der Waals surface area contributed by atoms with E-state index in [1.54, 1.807) is 13.0 Å².